The van der Waals surface area contributed by atoms with Gasteiger partial charge in [0.15, 0.2) is 0 Å². The van der Waals surface area contributed by atoms with Crippen LogP contribution in [0.15, 0.2) is 6.07 Å². The molecule has 1 aliphatic rings. The Balaban J connectivity index is 1.89. The van der Waals surface area contributed by atoms with Crippen LogP contribution in [-0.4, -0.2) is 60.3 Å². The van der Waals surface area contributed by atoms with E-state index in [0.29, 0.717) is 5.95 Å². The van der Waals surface area contributed by atoms with Gasteiger partial charge in [0, 0.05) is 37.9 Å². The number of aromatic nitrogens is 2. The van der Waals surface area contributed by atoms with Crippen molar-refractivity contribution in [1.82, 2.24) is 14.9 Å². The number of likely N-dealkylation sites (N-methyl/N-ethyl adjacent to an activating group) is 1. The summed E-state index contributed by atoms with van der Waals surface area (Å²) in [6, 6.07) is 1.96. The van der Waals surface area contributed by atoms with Crippen LogP contribution in [0, 0.1) is 6.92 Å². The van der Waals surface area contributed by atoms with E-state index < -0.39 is 0 Å². The Labute approximate surface area is 120 Å². The molecule has 20 heavy (non-hydrogen) atoms. The largest absolute Gasteiger partial charge is 0.374 e. The maximum Gasteiger partial charge on any atom is 0.224 e. The third kappa shape index (κ3) is 4.31. The number of anilines is 2. The third-order valence-corrected chi connectivity index (χ3v) is 3.37. The summed E-state index contributed by atoms with van der Waals surface area (Å²) >= 11 is 0. The fraction of sp³-hybridized carbons (Fsp3) is 0.714. The van der Waals surface area contributed by atoms with E-state index in [0.717, 1.165) is 50.8 Å². The van der Waals surface area contributed by atoms with Gasteiger partial charge in [-0.25, -0.2) is 4.98 Å². The first kappa shape index (κ1) is 15.0. The van der Waals surface area contributed by atoms with Crippen LogP contribution in [0.5, 0.6) is 0 Å². The van der Waals surface area contributed by atoms with E-state index in [2.05, 4.69) is 32.4 Å². The highest BCUT2D eigenvalue weighted by atomic mass is 16.5. The Hall–Kier alpha value is -1.40. The van der Waals surface area contributed by atoms with Gasteiger partial charge in [-0.3, -0.25) is 4.90 Å². The van der Waals surface area contributed by atoms with E-state index in [-0.39, 0.29) is 6.10 Å². The molecule has 6 nitrogen and oxygen atoms in total. The van der Waals surface area contributed by atoms with Crippen LogP contribution in [-0.2, 0) is 4.74 Å². The van der Waals surface area contributed by atoms with Gasteiger partial charge in [0.2, 0.25) is 5.95 Å². The van der Waals surface area contributed by atoms with Crippen molar-refractivity contribution in [3.8, 4) is 0 Å². The lowest BCUT2D eigenvalue weighted by Gasteiger charge is -2.32. The van der Waals surface area contributed by atoms with Gasteiger partial charge in [0.1, 0.15) is 5.82 Å². The smallest absolute Gasteiger partial charge is 0.224 e. The van der Waals surface area contributed by atoms with Crippen molar-refractivity contribution >= 4 is 11.8 Å². The molecule has 1 aromatic heterocycles. The molecule has 1 aliphatic heterocycles. The highest BCUT2D eigenvalue weighted by Gasteiger charge is 2.19. The molecule has 2 heterocycles. The van der Waals surface area contributed by atoms with Crippen molar-refractivity contribution in [2.45, 2.75) is 26.9 Å². The maximum absolute atomic E-state index is 5.78. The minimum atomic E-state index is 0.224. The molecule has 1 atom stereocenters. The highest BCUT2D eigenvalue weighted by molar-refractivity contribution is 5.42. The number of ether oxygens (including phenoxy) is 1. The molecule has 0 aromatic carbocycles. The van der Waals surface area contributed by atoms with Crippen molar-refractivity contribution in [2.75, 3.05) is 50.0 Å². The van der Waals surface area contributed by atoms with Gasteiger partial charge in [0.05, 0.1) is 12.7 Å². The van der Waals surface area contributed by atoms with Crippen LogP contribution >= 0.6 is 0 Å². The van der Waals surface area contributed by atoms with Crippen molar-refractivity contribution in [2.24, 2.45) is 0 Å². The summed E-state index contributed by atoms with van der Waals surface area (Å²) < 4.78 is 5.78. The molecule has 6 heteroatoms. The minimum absolute atomic E-state index is 0.224. The van der Waals surface area contributed by atoms with Gasteiger partial charge < -0.3 is 15.4 Å². The first-order valence-electron chi connectivity index (χ1n) is 7.38. The summed E-state index contributed by atoms with van der Waals surface area (Å²) in [5, 5.41) is 6.50. The number of hydrogen-bond donors (Lipinski definition) is 2. The van der Waals surface area contributed by atoms with Crippen LogP contribution in [0.4, 0.5) is 11.8 Å². The average molecular weight is 279 g/mol. The number of aryl methyl sites for hydroxylation is 1. The second-order valence-electron chi connectivity index (χ2n) is 5.02. The molecule has 0 radical (unpaired) electrons. The number of morpholine rings is 1. The van der Waals surface area contributed by atoms with Crippen molar-refractivity contribution in [1.29, 1.82) is 0 Å². The molecular formula is C14H25N5O. The zero-order valence-corrected chi connectivity index (χ0v) is 12.6. The summed E-state index contributed by atoms with van der Waals surface area (Å²) in [5.41, 5.74) is 0.957. The van der Waals surface area contributed by atoms with E-state index in [1.807, 2.05) is 19.9 Å². The van der Waals surface area contributed by atoms with Crippen LogP contribution in [0.3, 0.4) is 0 Å². The monoisotopic (exact) mass is 279 g/mol. The number of nitrogens with zero attached hydrogens (tertiary/aromatic N) is 3. The Kier molecular flexibility index (Phi) is 5.55. The molecule has 1 unspecified atom stereocenters. The molecule has 1 fully saturated rings. The summed E-state index contributed by atoms with van der Waals surface area (Å²) in [6.07, 6.45) is 0.224. The molecule has 0 spiro atoms. The van der Waals surface area contributed by atoms with Crippen molar-refractivity contribution in [3.05, 3.63) is 11.8 Å². The topological polar surface area (TPSA) is 62.3 Å². The molecule has 0 bridgehead atoms. The van der Waals surface area contributed by atoms with Gasteiger partial charge in [-0.15, -0.1) is 0 Å². The van der Waals surface area contributed by atoms with Gasteiger partial charge in [0.25, 0.3) is 0 Å². The molecule has 112 valence electrons. The number of hydrogen-bond acceptors (Lipinski definition) is 6. The second kappa shape index (κ2) is 7.40. The lowest BCUT2D eigenvalue weighted by molar-refractivity contribution is -0.0192. The Morgan fingerprint density at radius 3 is 2.95 bits per heavy atom. The summed E-state index contributed by atoms with van der Waals surface area (Å²) in [5.74, 6) is 1.53. The number of rotatable bonds is 6. The Morgan fingerprint density at radius 2 is 2.20 bits per heavy atom. The van der Waals surface area contributed by atoms with E-state index in [1.54, 1.807) is 0 Å². The lowest BCUT2D eigenvalue weighted by Crippen LogP contribution is -2.45. The molecular weight excluding hydrogens is 254 g/mol. The van der Waals surface area contributed by atoms with Gasteiger partial charge >= 0.3 is 0 Å². The molecule has 0 aliphatic carbocycles. The fourth-order valence-corrected chi connectivity index (χ4v) is 2.31. The quantitative estimate of drug-likeness (QED) is 0.819. The second-order valence-corrected chi connectivity index (χ2v) is 5.02. The van der Waals surface area contributed by atoms with Gasteiger partial charge in [-0.1, -0.05) is 6.92 Å². The molecule has 1 saturated heterocycles. The van der Waals surface area contributed by atoms with Crippen molar-refractivity contribution < 1.29 is 4.74 Å². The van der Waals surface area contributed by atoms with Crippen LogP contribution in [0.25, 0.3) is 0 Å². The summed E-state index contributed by atoms with van der Waals surface area (Å²) in [7, 11) is 0. The minimum Gasteiger partial charge on any atom is -0.374 e. The maximum atomic E-state index is 5.78. The Bertz CT molecular complexity index is 426. The number of nitrogens with one attached hydrogen (secondary N) is 2. The zero-order valence-electron chi connectivity index (χ0n) is 12.6. The van der Waals surface area contributed by atoms with Crippen LogP contribution < -0.4 is 10.6 Å². The predicted octanol–water partition coefficient (Wildman–Crippen LogP) is 1.35. The van der Waals surface area contributed by atoms with E-state index in [9.17, 15) is 0 Å². The molecule has 1 aromatic rings. The summed E-state index contributed by atoms with van der Waals surface area (Å²) in [6.45, 7) is 11.7. The van der Waals surface area contributed by atoms with E-state index in [4.69, 9.17) is 4.74 Å². The van der Waals surface area contributed by atoms with Gasteiger partial charge in [-0.2, -0.15) is 4.98 Å². The molecule has 0 amide bonds. The van der Waals surface area contributed by atoms with Crippen LogP contribution in [0.1, 0.15) is 19.5 Å². The summed E-state index contributed by atoms with van der Waals surface area (Å²) in [4.78, 5) is 11.2. The predicted molar refractivity (Wildman–Crippen MR) is 81.3 cm³/mol. The van der Waals surface area contributed by atoms with Crippen molar-refractivity contribution in [3.63, 3.8) is 0 Å². The SMILES string of the molecule is CCNc1nc(C)cc(NCC2CN(CC)CCO2)n1. The molecule has 2 N–H and O–H groups in total. The van der Waals surface area contributed by atoms with E-state index >= 15 is 0 Å². The van der Waals surface area contributed by atoms with Gasteiger partial charge in [-0.05, 0) is 20.4 Å². The Morgan fingerprint density at radius 1 is 1.35 bits per heavy atom. The van der Waals surface area contributed by atoms with E-state index in [1.165, 1.54) is 0 Å². The third-order valence-electron chi connectivity index (χ3n) is 3.37. The first-order chi connectivity index (χ1) is 9.71. The molecule has 0 saturated carbocycles. The van der Waals surface area contributed by atoms with Crippen LogP contribution in [0.2, 0.25) is 0 Å². The molecule has 2 rings (SSSR count). The lowest BCUT2D eigenvalue weighted by atomic mass is 10.2. The zero-order chi connectivity index (χ0) is 14.4. The standard InChI is InChI=1S/C14H25N5O/c1-4-15-14-17-11(3)8-13(18-14)16-9-12-10-19(5-2)6-7-20-12/h8,12H,4-7,9-10H2,1-3H3,(H2,15,16,17,18). The first-order valence-corrected chi connectivity index (χ1v) is 7.38. The average Bonchev–Trinajstić information content (AvgIpc) is 2.45. The highest BCUT2D eigenvalue weighted by Crippen LogP contribution is 2.11. The normalized spacial score (nSPS) is 19.9. The fourth-order valence-electron chi connectivity index (χ4n) is 2.31.